The Bertz CT molecular complexity index is 381. The molecule has 0 unspecified atom stereocenters. The summed E-state index contributed by atoms with van der Waals surface area (Å²) in [5, 5.41) is 11.6. The predicted octanol–water partition coefficient (Wildman–Crippen LogP) is 2.89. The van der Waals surface area contributed by atoms with E-state index in [9.17, 15) is 0 Å². The molecule has 0 atom stereocenters. The summed E-state index contributed by atoms with van der Waals surface area (Å²) >= 11 is 1.66. The van der Waals surface area contributed by atoms with Gasteiger partial charge in [0, 0.05) is 4.70 Å². The smallest absolute Gasteiger partial charge is 0.108 e. The number of hydrogen-bond donors (Lipinski definition) is 1. The Morgan fingerprint density at radius 1 is 1.33 bits per heavy atom. The van der Waals surface area contributed by atoms with Gasteiger partial charge in [-0.2, -0.15) is 0 Å². The molecule has 0 aliphatic rings. The maximum atomic E-state index is 8.32. The molecule has 0 aliphatic carbocycles. The monoisotopic (exact) mass is 180 g/mol. The van der Waals surface area contributed by atoms with Gasteiger partial charge in [0.15, 0.2) is 0 Å². The van der Waals surface area contributed by atoms with Crippen LogP contribution >= 0.6 is 11.3 Å². The van der Waals surface area contributed by atoms with Crippen molar-refractivity contribution in [2.45, 2.75) is 6.61 Å². The van der Waals surface area contributed by atoms with Crippen LogP contribution in [-0.2, 0) is 11.5 Å². The minimum atomic E-state index is 0.262. The molecule has 0 bridgehead atoms. The molecule has 1 N–H and O–H groups in total. The van der Waals surface area contributed by atoms with Gasteiger partial charge in [0.1, 0.15) is 6.61 Å². The standard InChI is InChI=1S/C9H8O2S/c10-11-6-8-3-1-2-7-4-5-12-9(7)8/h1-5,10H,6H2. The first kappa shape index (κ1) is 7.73. The van der Waals surface area contributed by atoms with E-state index < -0.39 is 0 Å². The van der Waals surface area contributed by atoms with Gasteiger partial charge in [-0.3, -0.25) is 5.26 Å². The minimum absolute atomic E-state index is 0.262. The molecular weight excluding hydrogens is 172 g/mol. The van der Waals surface area contributed by atoms with Crippen LogP contribution in [0.1, 0.15) is 5.56 Å². The summed E-state index contributed by atoms with van der Waals surface area (Å²) in [7, 11) is 0. The first-order chi connectivity index (χ1) is 5.92. The topological polar surface area (TPSA) is 29.5 Å². The molecule has 0 amide bonds. The third kappa shape index (κ3) is 1.22. The van der Waals surface area contributed by atoms with Crippen LogP contribution in [0.5, 0.6) is 0 Å². The number of benzene rings is 1. The van der Waals surface area contributed by atoms with Gasteiger partial charge < -0.3 is 0 Å². The Hall–Kier alpha value is -0.900. The second-order valence-corrected chi connectivity index (χ2v) is 3.45. The summed E-state index contributed by atoms with van der Waals surface area (Å²) in [6, 6.07) is 8.02. The summed E-state index contributed by atoms with van der Waals surface area (Å²) in [4.78, 5) is 4.11. The van der Waals surface area contributed by atoms with Crippen LogP contribution in [0.25, 0.3) is 10.1 Å². The highest BCUT2D eigenvalue weighted by atomic mass is 32.1. The van der Waals surface area contributed by atoms with Crippen molar-refractivity contribution in [2.24, 2.45) is 0 Å². The molecule has 2 rings (SSSR count). The first-order valence-electron chi connectivity index (χ1n) is 3.63. The molecule has 0 saturated heterocycles. The number of thiophene rings is 1. The Morgan fingerprint density at radius 3 is 3.08 bits per heavy atom. The Morgan fingerprint density at radius 2 is 2.25 bits per heavy atom. The summed E-state index contributed by atoms with van der Waals surface area (Å²) in [5.41, 5.74) is 1.03. The first-order valence-corrected chi connectivity index (χ1v) is 4.51. The molecule has 62 valence electrons. The maximum absolute atomic E-state index is 8.32. The molecule has 0 aliphatic heterocycles. The van der Waals surface area contributed by atoms with Crippen LogP contribution in [0.3, 0.4) is 0 Å². The van der Waals surface area contributed by atoms with E-state index in [2.05, 4.69) is 11.0 Å². The molecule has 2 nitrogen and oxygen atoms in total. The van der Waals surface area contributed by atoms with E-state index in [4.69, 9.17) is 5.26 Å². The lowest BCUT2D eigenvalue weighted by atomic mass is 10.2. The third-order valence-corrected chi connectivity index (χ3v) is 2.79. The molecule has 2 aromatic rings. The lowest BCUT2D eigenvalue weighted by Gasteiger charge is -1.98. The fourth-order valence-corrected chi connectivity index (χ4v) is 2.14. The number of rotatable bonds is 2. The van der Waals surface area contributed by atoms with Crippen LogP contribution in [-0.4, -0.2) is 5.26 Å². The van der Waals surface area contributed by atoms with Gasteiger partial charge in [-0.1, -0.05) is 18.2 Å². The van der Waals surface area contributed by atoms with Crippen LogP contribution < -0.4 is 0 Å². The molecule has 12 heavy (non-hydrogen) atoms. The van der Waals surface area contributed by atoms with Crippen LogP contribution in [0.4, 0.5) is 0 Å². The molecule has 0 spiro atoms. The van der Waals surface area contributed by atoms with Crippen molar-refractivity contribution in [3.05, 3.63) is 35.2 Å². The van der Waals surface area contributed by atoms with Crippen LogP contribution in [0.15, 0.2) is 29.6 Å². The zero-order valence-corrected chi connectivity index (χ0v) is 7.17. The van der Waals surface area contributed by atoms with E-state index in [-0.39, 0.29) is 6.61 Å². The maximum Gasteiger partial charge on any atom is 0.108 e. The van der Waals surface area contributed by atoms with Gasteiger partial charge in [0.25, 0.3) is 0 Å². The zero-order valence-electron chi connectivity index (χ0n) is 6.36. The Labute approximate surface area is 74.0 Å². The normalized spacial score (nSPS) is 10.8. The summed E-state index contributed by atoms with van der Waals surface area (Å²) < 4.78 is 1.19. The summed E-state index contributed by atoms with van der Waals surface area (Å²) in [6.45, 7) is 0.262. The van der Waals surface area contributed by atoms with Gasteiger partial charge in [-0.25, -0.2) is 4.89 Å². The predicted molar refractivity (Wildman–Crippen MR) is 49.2 cm³/mol. The highest BCUT2D eigenvalue weighted by Crippen LogP contribution is 2.24. The highest BCUT2D eigenvalue weighted by Gasteiger charge is 2.00. The van der Waals surface area contributed by atoms with Gasteiger partial charge in [-0.15, -0.1) is 11.3 Å². The molecule has 1 aromatic carbocycles. The third-order valence-electron chi connectivity index (χ3n) is 1.78. The van der Waals surface area contributed by atoms with E-state index in [1.165, 1.54) is 10.1 Å². The van der Waals surface area contributed by atoms with E-state index >= 15 is 0 Å². The quantitative estimate of drug-likeness (QED) is 0.568. The van der Waals surface area contributed by atoms with Crippen molar-refractivity contribution in [3.63, 3.8) is 0 Å². The molecular formula is C9H8O2S. The van der Waals surface area contributed by atoms with Gasteiger partial charge in [0.05, 0.1) is 0 Å². The SMILES string of the molecule is OOCc1cccc2ccsc12. The molecule has 1 aromatic heterocycles. The number of fused-ring (bicyclic) bond motifs is 1. The molecule has 0 fully saturated rings. The van der Waals surface area contributed by atoms with E-state index in [1.54, 1.807) is 11.3 Å². The van der Waals surface area contributed by atoms with E-state index in [0.717, 1.165) is 5.56 Å². The average molecular weight is 180 g/mol. The van der Waals surface area contributed by atoms with Crippen molar-refractivity contribution in [3.8, 4) is 0 Å². The fourth-order valence-electron chi connectivity index (χ4n) is 1.24. The highest BCUT2D eigenvalue weighted by molar-refractivity contribution is 7.17. The Kier molecular flexibility index (Phi) is 2.08. The minimum Gasteiger partial charge on any atom is -0.251 e. The second-order valence-electron chi connectivity index (χ2n) is 2.53. The van der Waals surface area contributed by atoms with Crippen molar-refractivity contribution >= 4 is 21.4 Å². The lowest BCUT2D eigenvalue weighted by Crippen LogP contribution is -1.86. The molecule has 0 radical (unpaired) electrons. The Balaban J connectivity index is 2.57. The lowest BCUT2D eigenvalue weighted by molar-refractivity contribution is -0.252. The van der Waals surface area contributed by atoms with Crippen molar-refractivity contribution in [1.29, 1.82) is 0 Å². The van der Waals surface area contributed by atoms with Crippen LogP contribution in [0, 0.1) is 0 Å². The second kappa shape index (κ2) is 3.23. The molecule has 0 saturated carbocycles. The van der Waals surface area contributed by atoms with Crippen LogP contribution in [0.2, 0.25) is 0 Å². The van der Waals surface area contributed by atoms with Gasteiger partial charge in [-0.05, 0) is 22.4 Å². The number of hydrogen-bond acceptors (Lipinski definition) is 3. The summed E-state index contributed by atoms with van der Waals surface area (Å²) in [6.07, 6.45) is 0. The molecule has 1 heterocycles. The fraction of sp³-hybridized carbons (Fsp3) is 0.111. The van der Waals surface area contributed by atoms with E-state index in [1.807, 2.05) is 23.6 Å². The largest absolute Gasteiger partial charge is 0.251 e. The zero-order chi connectivity index (χ0) is 8.39. The average Bonchev–Trinajstić information content (AvgIpc) is 2.53. The summed E-state index contributed by atoms with van der Waals surface area (Å²) in [5.74, 6) is 0. The van der Waals surface area contributed by atoms with Crippen molar-refractivity contribution < 1.29 is 10.1 Å². The van der Waals surface area contributed by atoms with Crippen molar-refractivity contribution in [2.75, 3.05) is 0 Å². The molecule has 3 heteroatoms. The van der Waals surface area contributed by atoms with Crippen molar-refractivity contribution in [1.82, 2.24) is 0 Å². The van der Waals surface area contributed by atoms with Gasteiger partial charge >= 0.3 is 0 Å². The van der Waals surface area contributed by atoms with Gasteiger partial charge in [0.2, 0.25) is 0 Å². The van der Waals surface area contributed by atoms with E-state index in [0.29, 0.717) is 0 Å².